The molecule has 2 aliphatic carbocycles. The average molecular weight is 323 g/mol. The molecule has 5 heteroatoms. The summed E-state index contributed by atoms with van der Waals surface area (Å²) in [6.45, 7) is 5.99. The lowest BCUT2D eigenvalue weighted by Gasteiger charge is -2.29. The van der Waals surface area contributed by atoms with Gasteiger partial charge in [-0.25, -0.2) is 0 Å². The van der Waals surface area contributed by atoms with Crippen LogP contribution in [-0.2, 0) is 19.1 Å². The standard InChI is InChI=1S/C16H21NO4.2CH4/c1-4-15(2,3)13(18)20-7-10-9-5-11-12(10)21-14(19)16(11,6-9)8-17;;/h9-12H,4-7H2,1-3H3;2*1H4. The van der Waals surface area contributed by atoms with Crippen molar-refractivity contribution < 1.29 is 19.1 Å². The fourth-order valence-corrected chi connectivity index (χ4v) is 4.03. The third-order valence-corrected chi connectivity index (χ3v) is 5.85. The van der Waals surface area contributed by atoms with Crippen LogP contribution in [0.2, 0.25) is 0 Å². The van der Waals surface area contributed by atoms with Gasteiger partial charge in [0.05, 0.1) is 18.1 Å². The second kappa shape index (κ2) is 6.14. The van der Waals surface area contributed by atoms with Gasteiger partial charge in [0, 0.05) is 11.8 Å². The van der Waals surface area contributed by atoms with Crippen LogP contribution < -0.4 is 0 Å². The molecule has 0 amide bonds. The molecule has 0 aromatic heterocycles. The molecule has 0 aromatic rings. The zero-order valence-electron chi connectivity index (χ0n) is 12.7. The molecule has 1 heterocycles. The molecule has 3 aliphatic rings. The van der Waals surface area contributed by atoms with Gasteiger partial charge in [0.1, 0.15) is 6.10 Å². The molecule has 0 N–H and O–H groups in total. The smallest absolute Gasteiger partial charge is 0.327 e. The molecule has 3 rings (SSSR count). The lowest BCUT2D eigenvalue weighted by molar-refractivity contribution is -0.157. The van der Waals surface area contributed by atoms with Crippen molar-refractivity contribution in [1.29, 1.82) is 5.26 Å². The Morgan fingerprint density at radius 2 is 2.13 bits per heavy atom. The first kappa shape index (κ1) is 19.5. The van der Waals surface area contributed by atoms with Crippen LogP contribution >= 0.6 is 0 Å². The van der Waals surface area contributed by atoms with Gasteiger partial charge in [-0.05, 0) is 39.0 Å². The summed E-state index contributed by atoms with van der Waals surface area (Å²) in [5.74, 6) is -0.278. The summed E-state index contributed by atoms with van der Waals surface area (Å²) in [7, 11) is 0. The molecule has 130 valence electrons. The van der Waals surface area contributed by atoms with E-state index < -0.39 is 10.8 Å². The number of esters is 2. The van der Waals surface area contributed by atoms with Gasteiger partial charge >= 0.3 is 11.9 Å². The van der Waals surface area contributed by atoms with Crippen molar-refractivity contribution in [2.24, 2.45) is 28.6 Å². The van der Waals surface area contributed by atoms with E-state index >= 15 is 0 Å². The molecule has 5 nitrogen and oxygen atoms in total. The predicted molar refractivity (Wildman–Crippen MR) is 86.1 cm³/mol. The number of hydrogen-bond acceptors (Lipinski definition) is 5. The Kier molecular flexibility index (Phi) is 5.20. The fourth-order valence-electron chi connectivity index (χ4n) is 4.03. The first-order valence-electron chi connectivity index (χ1n) is 7.65. The maximum atomic E-state index is 12.1. The van der Waals surface area contributed by atoms with Crippen LogP contribution in [0.3, 0.4) is 0 Å². The summed E-state index contributed by atoms with van der Waals surface area (Å²) in [6, 6.07) is 2.19. The Labute approximate surface area is 139 Å². The van der Waals surface area contributed by atoms with E-state index in [0.717, 1.165) is 12.8 Å². The number of carbonyl (C=O) groups is 2. The van der Waals surface area contributed by atoms with E-state index in [1.54, 1.807) is 0 Å². The molecule has 2 saturated carbocycles. The molecular weight excluding hydrogens is 294 g/mol. The molecule has 0 spiro atoms. The van der Waals surface area contributed by atoms with Crippen LogP contribution in [-0.4, -0.2) is 24.6 Å². The maximum Gasteiger partial charge on any atom is 0.327 e. The highest BCUT2D eigenvalue weighted by atomic mass is 16.6. The van der Waals surface area contributed by atoms with E-state index in [4.69, 9.17) is 9.47 Å². The summed E-state index contributed by atoms with van der Waals surface area (Å²) < 4.78 is 10.9. The van der Waals surface area contributed by atoms with Gasteiger partial charge in [0.25, 0.3) is 0 Å². The van der Waals surface area contributed by atoms with Gasteiger partial charge in [-0.15, -0.1) is 0 Å². The number of rotatable bonds is 4. The van der Waals surface area contributed by atoms with Gasteiger partial charge in [0.2, 0.25) is 0 Å². The highest BCUT2D eigenvalue weighted by molar-refractivity contribution is 5.84. The first-order valence-corrected chi connectivity index (χ1v) is 7.65. The number of fused-ring (bicyclic) bond motifs is 1. The lowest BCUT2D eigenvalue weighted by atomic mass is 9.72. The van der Waals surface area contributed by atoms with Crippen molar-refractivity contribution in [3.8, 4) is 6.07 Å². The normalized spacial score (nSPS) is 36.5. The molecule has 0 aromatic carbocycles. The monoisotopic (exact) mass is 323 g/mol. The van der Waals surface area contributed by atoms with Crippen molar-refractivity contribution >= 4 is 11.9 Å². The number of hydrogen-bond donors (Lipinski definition) is 0. The Hall–Kier alpha value is -1.57. The predicted octanol–water partition coefficient (Wildman–Crippen LogP) is 3.33. The Morgan fingerprint density at radius 1 is 1.48 bits per heavy atom. The van der Waals surface area contributed by atoms with E-state index in [1.807, 2.05) is 20.8 Å². The van der Waals surface area contributed by atoms with Gasteiger partial charge in [-0.1, -0.05) is 21.8 Å². The molecule has 5 atom stereocenters. The lowest BCUT2D eigenvalue weighted by Crippen LogP contribution is -2.37. The van der Waals surface area contributed by atoms with Crippen molar-refractivity contribution in [3.05, 3.63) is 0 Å². The number of nitrogens with zero attached hydrogens (tertiary/aromatic N) is 1. The minimum atomic E-state index is -0.918. The van der Waals surface area contributed by atoms with Gasteiger partial charge in [-0.2, -0.15) is 5.26 Å². The van der Waals surface area contributed by atoms with Gasteiger partial charge in [0.15, 0.2) is 5.41 Å². The Balaban J connectivity index is 0.00000132. The van der Waals surface area contributed by atoms with Crippen molar-refractivity contribution in [3.63, 3.8) is 0 Å². The minimum Gasteiger partial charge on any atom is -0.465 e. The fraction of sp³-hybridized carbons (Fsp3) is 0.833. The van der Waals surface area contributed by atoms with E-state index in [9.17, 15) is 14.9 Å². The van der Waals surface area contributed by atoms with Gasteiger partial charge in [-0.3, -0.25) is 9.59 Å². The van der Waals surface area contributed by atoms with E-state index in [0.29, 0.717) is 13.0 Å². The van der Waals surface area contributed by atoms with E-state index in [1.165, 1.54) is 0 Å². The summed E-state index contributed by atoms with van der Waals surface area (Å²) in [5, 5.41) is 9.34. The van der Waals surface area contributed by atoms with Gasteiger partial charge < -0.3 is 9.47 Å². The third-order valence-electron chi connectivity index (χ3n) is 5.85. The molecule has 5 unspecified atom stereocenters. The Bertz CT molecular complexity index is 536. The van der Waals surface area contributed by atoms with Crippen LogP contribution in [0.15, 0.2) is 0 Å². The topological polar surface area (TPSA) is 76.4 Å². The minimum absolute atomic E-state index is 0. The summed E-state index contributed by atoms with van der Waals surface area (Å²) >= 11 is 0. The first-order chi connectivity index (χ1) is 9.85. The molecular formula is C18H29NO4. The number of ether oxygens (including phenoxy) is 2. The zero-order valence-corrected chi connectivity index (χ0v) is 12.7. The number of carbonyl (C=O) groups excluding carboxylic acids is 2. The zero-order chi connectivity index (χ0) is 15.4. The molecule has 3 fully saturated rings. The highest BCUT2D eigenvalue weighted by Crippen LogP contribution is 2.63. The quantitative estimate of drug-likeness (QED) is 0.742. The molecule has 2 bridgehead atoms. The molecule has 1 saturated heterocycles. The molecule has 0 radical (unpaired) electrons. The number of nitriles is 1. The van der Waals surface area contributed by atoms with Crippen LogP contribution in [0.5, 0.6) is 0 Å². The van der Waals surface area contributed by atoms with E-state index in [-0.39, 0.29) is 50.6 Å². The van der Waals surface area contributed by atoms with Crippen LogP contribution in [0, 0.1) is 39.9 Å². The van der Waals surface area contributed by atoms with Crippen LogP contribution in [0.4, 0.5) is 0 Å². The maximum absolute atomic E-state index is 12.1. The summed E-state index contributed by atoms with van der Waals surface area (Å²) in [6.07, 6.45) is 1.87. The summed E-state index contributed by atoms with van der Waals surface area (Å²) in [4.78, 5) is 24.0. The SMILES string of the molecule is C.C.CCC(C)(C)C(=O)OCC1C2CC3C1OC(=O)C3(C#N)C2. The Morgan fingerprint density at radius 3 is 2.70 bits per heavy atom. The van der Waals surface area contributed by atoms with Crippen molar-refractivity contribution in [2.75, 3.05) is 6.61 Å². The molecule has 1 aliphatic heterocycles. The van der Waals surface area contributed by atoms with E-state index in [2.05, 4.69) is 6.07 Å². The van der Waals surface area contributed by atoms with Crippen molar-refractivity contribution in [1.82, 2.24) is 0 Å². The second-order valence-corrected chi connectivity index (χ2v) is 7.26. The second-order valence-electron chi connectivity index (χ2n) is 7.26. The molecule has 23 heavy (non-hydrogen) atoms. The third kappa shape index (κ3) is 2.52. The largest absolute Gasteiger partial charge is 0.465 e. The summed E-state index contributed by atoms with van der Waals surface area (Å²) in [5.41, 5.74) is -1.40. The van der Waals surface area contributed by atoms with Crippen LogP contribution in [0.25, 0.3) is 0 Å². The van der Waals surface area contributed by atoms with Crippen LogP contribution in [0.1, 0.15) is 54.9 Å². The van der Waals surface area contributed by atoms with Crippen molar-refractivity contribution in [2.45, 2.75) is 61.0 Å². The average Bonchev–Trinajstić information content (AvgIpc) is 3.04. The highest BCUT2D eigenvalue weighted by Gasteiger charge is 2.71.